The predicted molar refractivity (Wildman–Crippen MR) is 58.5 cm³/mol. The molecule has 0 aliphatic rings. The highest BCUT2D eigenvalue weighted by Gasteiger charge is 2.16. The maximum atomic E-state index is 13.5. The van der Waals surface area contributed by atoms with Crippen molar-refractivity contribution in [2.75, 3.05) is 0 Å². The second-order valence-electron chi connectivity index (χ2n) is 3.97. The van der Waals surface area contributed by atoms with Gasteiger partial charge >= 0.3 is 0 Å². The van der Waals surface area contributed by atoms with Gasteiger partial charge in [-0.1, -0.05) is 0 Å². The van der Waals surface area contributed by atoms with Crippen LogP contribution in [0.4, 0.5) is 8.78 Å². The average Bonchev–Trinajstić information content (AvgIpc) is 2.76. The predicted octanol–water partition coefficient (Wildman–Crippen LogP) is 3.14. The lowest BCUT2D eigenvalue weighted by molar-refractivity contribution is 0.173. The van der Waals surface area contributed by atoms with Gasteiger partial charge in [0, 0.05) is 18.1 Å². The first-order valence-electron chi connectivity index (χ1n) is 5.22. The van der Waals surface area contributed by atoms with Crippen LogP contribution in [0.25, 0.3) is 0 Å². The van der Waals surface area contributed by atoms with Gasteiger partial charge in [-0.3, -0.25) is 0 Å². The number of aliphatic hydroxyl groups is 1. The van der Waals surface area contributed by atoms with Crippen molar-refractivity contribution >= 4 is 0 Å². The summed E-state index contributed by atoms with van der Waals surface area (Å²) in [4.78, 5) is 0. The molecule has 1 heterocycles. The van der Waals surface area contributed by atoms with Crippen molar-refractivity contribution in [2.24, 2.45) is 0 Å². The number of benzene rings is 1. The van der Waals surface area contributed by atoms with E-state index in [4.69, 9.17) is 4.42 Å². The van der Waals surface area contributed by atoms with Gasteiger partial charge in [-0.05, 0) is 30.2 Å². The Kier molecular flexibility index (Phi) is 3.24. The summed E-state index contributed by atoms with van der Waals surface area (Å²) >= 11 is 0. The summed E-state index contributed by atoms with van der Waals surface area (Å²) in [5.74, 6) is -1.34. The van der Waals surface area contributed by atoms with Crippen molar-refractivity contribution in [1.29, 1.82) is 0 Å². The molecule has 0 radical (unpaired) electrons. The zero-order valence-electron chi connectivity index (χ0n) is 9.28. The van der Waals surface area contributed by atoms with Gasteiger partial charge in [0.15, 0.2) is 0 Å². The first-order valence-corrected chi connectivity index (χ1v) is 5.22. The molecule has 2 nitrogen and oxygen atoms in total. The maximum absolute atomic E-state index is 13.5. The van der Waals surface area contributed by atoms with Crippen molar-refractivity contribution < 1.29 is 18.3 Å². The summed E-state index contributed by atoms with van der Waals surface area (Å²) in [6, 6.07) is 3.82. The van der Waals surface area contributed by atoms with Gasteiger partial charge in [-0.2, -0.15) is 0 Å². The van der Waals surface area contributed by atoms with Crippen LogP contribution in [0.3, 0.4) is 0 Å². The first kappa shape index (κ1) is 11.8. The third kappa shape index (κ3) is 2.53. The highest BCUT2D eigenvalue weighted by Crippen LogP contribution is 2.23. The van der Waals surface area contributed by atoms with E-state index in [0.29, 0.717) is 5.56 Å². The minimum absolute atomic E-state index is 0.102. The lowest BCUT2D eigenvalue weighted by Crippen LogP contribution is -2.05. The molecule has 1 unspecified atom stereocenters. The molecule has 2 rings (SSSR count). The summed E-state index contributed by atoms with van der Waals surface area (Å²) in [7, 11) is 0. The average molecular weight is 238 g/mol. The molecule has 1 aromatic carbocycles. The summed E-state index contributed by atoms with van der Waals surface area (Å²) in [6.45, 7) is 1.53. The van der Waals surface area contributed by atoms with Crippen molar-refractivity contribution in [1.82, 2.24) is 0 Å². The van der Waals surface area contributed by atoms with Crippen molar-refractivity contribution in [3.8, 4) is 0 Å². The molecule has 4 heteroatoms. The Bertz CT molecular complexity index is 506. The summed E-state index contributed by atoms with van der Waals surface area (Å²) < 4.78 is 31.4. The van der Waals surface area contributed by atoms with Crippen LogP contribution in [0.2, 0.25) is 0 Å². The summed E-state index contributed by atoms with van der Waals surface area (Å²) in [5, 5.41) is 9.88. The fourth-order valence-electron chi connectivity index (χ4n) is 1.68. The molecule has 1 atom stereocenters. The zero-order valence-corrected chi connectivity index (χ0v) is 9.28. The van der Waals surface area contributed by atoms with E-state index < -0.39 is 17.7 Å². The summed E-state index contributed by atoms with van der Waals surface area (Å²) in [5.41, 5.74) is 1.18. The summed E-state index contributed by atoms with van der Waals surface area (Å²) in [6.07, 6.45) is 2.19. The molecular weight excluding hydrogens is 226 g/mol. The van der Waals surface area contributed by atoms with E-state index in [9.17, 15) is 13.9 Å². The Balaban J connectivity index is 2.24. The fourth-order valence-corrected chi connectivity index (χ4v) is 1.68. The van der Waals surface area contributed by atoms with E-state index in [2.05, 4.69) is 0 Å². The van der Waals surface area contributed by atoms with E-state index in [1.165, 1.54) is 25.5 Å². The molecule has 0 fully saturated rings. The molecule has 90 valence electrons. The highest BCUT2D eigenvalue weighted by molar-refractivity contribution is 5.28. The van der Waals surface area contributed by atoms with Gasteiger partial charge in [0.2, 0.25) is 0 Å². The van der Waals surface area contributed by atoms with E-state index in [1.807, 2.05) is 0 Å². The van der Waals surface area contributed by atoms with Gasteiger partial charge in [-0.25, -0.2) is 8.78 Å². The van der Waals surface area contributed by atoms with Gasteiger partial charge in [-0.15, -0.1) is 0 Å². The van der Waals surface area contributed by atoms with E-state index in [1.54, 1.807) is 6.07 Å². The van der Waals surface area contributed by atoms with Gasteiger partial charge in [0.25, 0.3) is 0 Å². The van der Waals surface area contributed by atoms with Crippen molar-refractivity contribution in [3.05, 3.63) is 59.1 Å². The molecule has 0 spiro atoms. The molecule has 0 saturated heterocycles. The lowest BCUT2D eigenvalue weighted by Gasteiger charge is -2.12. The second-order valence-corrected chi connectivity index (χ2v) is 3.97. The zero-order chi connectivity index (χ0) is 12.4. The van der Waals surface area contributed by atoms with Gasteiger partial charge in [0.05, 0.1) is 18.6 Å². The van der Waals surface area contributed by atoms with Crippen LogP contribution < -0.4 is 0 Å². The Morgan fingerprint density at radius 3 is 2.71 bits per heavy atom. The molecule has 2 aromatic rings. The Morgan fingerprint density at radius 1 is 1.29 bits per heavy atom. The van der Waals surface area contributed by atoms with Crippen molar-refractivity contribution in [3.63, 3.8) is 0 Å². The molecular formula is C13H12F2O2. The quantitative estimate of drug-likeness (QED) is 0.891. The van der Waals surface area contributed by atoms with Crippen LogP contribution in [-0.4, -0.2) is 5.11 Å². The lowest BCUT2D eigenvalue weighted by atomic mass is 10.0. The molecule has 1 aromatic heterocycles. The van der Waals surface area contributed by atoms with Gasteiger partial charge < -0.3 is 9.52 Å². The minimum atomic E-state index is -1.01. The third-order valence-electron chi connectivity index (χ3n) is 2.65. The van der Waals surface area contributed by atoms with E-state index in [0.717, 1.165) is 11.6 Å². The van der Waals surface area contributed by atoms with Crippen LogP contribution in [0.15, 0.2) is 35.1 Å². The number of halogens is 2. The molecule has 0 bridgehead atoms. The SMILES string of the molecule is Cc1cc(C(O)Cc2ccoc2)c(F)cc1F. The number of aliphatic hydroxyl groups excluding tert-OH is 1. The molecule has 0 aliphatic carbocycles. The largest absolute Gasteiger partial charge is 0.472 e. The third-order valence-corrected chi connectivity index (χ3v) is 2.65. The maximum Gasteiger partial charge on any atom is 0.131 e. The number of hydrogen-bond donors (Lipinski definition) is 1. The van der Waals surface area contributed by atoms with E-state index in [-0.39, 0.29) is 12.0 Å². The fraction of sp³-hybridized carbons (Fsp3) is 0.231. The van der Waals surface area contributed by atoms with Crippen LogP contribution in [-0.2, 0) is 6.42 Å². The Labute approximate surface area is 97.5 Å². The van der Waals surface area contributed by atoms with Crippen LogP contribution in [0, 0.1) is 18.6 Å². The topological polar surface area (TPSA) is 33.4 Å². The minimum Gasteiger partial charge on any atom is -0.472 e. The second kappa shape index (κ2) is 4.67. The number of aryl methyl sites for hydroxylation is 1. The van der Waals surface area contributed by atoms with E-state index >= 15 is 0 Å². The standard InChI is InChI=1S/C13H12F2O2/c1-8-4-10(12(15)6-11(8)14)13(16)5-9-2-3-17-7-9/h2-4,6-7,13,16H,5H2,1H3. The van der Waals surface area contributed by atoms with Crippen LogP contribution >= 0.6 is 0 Å². The van der Waals surface area contributed by atoms with Crippen LogP contribution in [0.5, 0.6) is 0 Å². The van der Waals surface area contributed by atoms with Gasteiger partial charge in [0.1, 0.15) is 11.6 Å². The van der Waals surface area contributed by atoms with Crippen LogP contribution in [0.1, 0.15) is 22.8 Å². The van der Waals surface area contributed by atoms with Crippen molar-refractivity contribution in [2.45, 2.75) is 19.4 Å². The molecule has 1 N–H and O–H groups in total. The highest BCUT2D eigenvalue weighted by atomic mass is 19.1. The number of rotatable bonds is 3. The molecule has 0 aliphatic heterocycles. The molecule has 17 heavy (non-hydrogen) atoms. The molecule has 0 amide bonds. The first-order chi connectivity index (χ1) is 8.08. The monoisotopic (exact) mass is 238 g/mol. The number of furan rings is 1. The Morgan fingerprint density at radius 2 is 2.06 bits per heavy atom. The number of hydrogen-bond acceptors (Lipinski definition) is 2. The Hall–Kier alpha value is -1.68. The smallest absolute Gasteiger partial charge is 0.131 e. The normalized spacial score (nSPS) is 12.7. The molecule has 0 saturated carbocycles.